The number of rotatable bonds is 4. The topological polar surface area (TPSA) is 73.9 Å². The molecular weight excluding hydrogens is 292 g/mol. The Hall–Kier alpha value is -1.86. The van der Waals surface area contributed by atoms with Gasteiger partial charge in [0.15, 0.2) is 4.34 Å². The van der Waals surface area contributed by atoms with Gasteiger partial charge in [-0.25, -0.2) is 9.97 Å². The predicted molar refractivity (Wildman–Crippen MR) is 81.4 cm³/mol. The van der Waals surface area contributed by atoms with Crippen molar-refractivity contribution in [3.63, 3.8) is 0 Å². The third kappa shape index (κ3) is 2.54. The molecule has 102 valence electrons. The summed E-state index contributed by atoms with van der Waals surface area (Å²) < 4.78 is 7.42. The van der Waals surface area contributed by atoms with Gasteiger partial charge in [-0.05, 0) is 30.8 Å². The average molecular weight is 304 g/mol. The van der Waals surface area contributed by atoms with Gasteiger partial charge in [0.2, 0.25) is 5.88 Å². The van der Waals surface area contributed by atoms with E-state index in [1.807, 2.05) is 31.2 Å². The van der Waals surface area contributed by atoms with E-state index >= 15 is 0 Å². The summed E-state index contributed by atoms with van der Waals surface area (Å²) in [7, 11) is 0. The van der Waals surface area contributed by atoms with Crippen molar-refractivity contribution >= 4 is 39.0 Å². The first-order valence-electron chi connectivity index (χ1n) is 6.04. The van der Waals surface area contributed by atoms with Crippen molar-refractivity contribution in [2.75, 3.05) is 12.3 Å². The van der Waals surface area contributed by atoms with Gasteiger partial charge in [0, 0.05) is 0 Å². The number of ether oxygens (including phenoxy) is 1. The van der Waals surface area contributed by atoms with Crippen molar-refractivity contribution in [2.24, 2.45) is 0 Å². The Bertz CT molecular complexity index is 711. The number of nitrogen functional groups attached to an aromatic ring is 1. The van der Waals surface area contributed by atoms with Crippen LogP contribution in [0.15, 0.2) is 40.0 Å². The average Bonchev–Trinajstić information content (AvgIpc) is 2.86. The first-order valence-corrected chi connectivity index (χ1v) is 7.68. The van der Waals surface area contributed by atoms with Crippen LogP contribution in [0.5, 0.6) is 5.88 Å². The number of nitrogens with two attached hydrogens (primary N) is 1. The molecule has 3 rings (SSSR count). The lowest BCUT2D eigenvalue weighted by molar-refractivity contribution is 0.327. The van der Waals surface area contributed by atoms with Crippen molar-refractivity contribution in [3.05, 3.63) is 30.6 Å². The Morgan fingerprint density at radius 3 is 2.95 bits per heavy atom. The third-order valence-electron chi connectivity index (χ3n) is 2.55. The fraction of sp³-hybridized carbons (Fsp3) is 0.154. The quantitative estimate of drug-likeness (QED) is 0.746. The van der Waals surface area contributed by atoms with Crippen LogP contribution in [0.3, 0.4) is 0 Å². The number of anilines is 1. The van der Waals surface area contributed by atoms with Crippen molar-refractivity contribution in [1.82, 2.24) is 15.0 Å². The minimum atomic E-state index is 0.422. The maximum atomic E-state index is 6.02. The number of benzene rings is 1. The Balaban J connectivity index is 1.92. The molecule has 20 heavy (non-hydrogen) atoms. The van der Waals surface area contributed by atoms with Crippen LogP contribution in [-0.4, -0.2) is 21.6 Å². The van der Waals surface area contributed by atoms with Gasteiger partial charge in [0.1, 0.15) is 17.0 Å². The molecule has 5 nitrogen and oxygen atoms in total. The van der Waals surface area contributed by atoms with Gasteiger partial charge in [-0.2, -0.15) is 4.98 Å². The second-order valence-corrected chi connectivity index (χ2v) is 6.15. The minimum Gasteiger partial charge on any atom is -0.476 e. The Morgan fingerprint density at radius 2 is 2.15 bits per heavy atom. The molecule has 0 aliphatic carbocycles. The molecule has 0 aliphatic heterocycles. The lowest BCUT2D eigenvalue weighted by Crippen LogP contribution is -2.02. The van der Waals surface area contributed by atoms with Gasteiger partial charge >= 0.3 is 0 Å². The van der Waals surface area contributed by atoms with E-state index in [4.69, 9.17) is 10.5 Å². The third-order valence-corrected chi connectivity index (χ3v) is 4.67. The van der Waals surface area contributed by atoms with Crippen LogP contribution in [0.25, 0.3) is 10.2 Å². The lowest BCUT2D eigenvalue weighted by atomic mass is 10.3. The van der Waals surface area contributed by atoms with Gasteiger partial charge in [0.05, 0.1) is 16.8 Å². The molecule has 0 fully saturated rings. The number of thiazole rings is 1. The highest BCUT2D eigenvalue weighted by molar-refractivity contribution is 8.01. The zero-order valence-electron chi connectivity index (χ0n) is 10.7. The summed E-state index contributed by atoms with van der Waals surface area (Å²) in [5, 5.41) is 0.669. The van der Waals surface area contributed by atoms with E-state index in [9.17, 15) is 0 Å². The maximum absolute atomic E-state index is 6.02. The van der Waals surface area contributed by atoms with Crippen LogP contribution in [0.4, 0.5) is 5.69 Å². The first-order chi connectivity index (χ1) is 9.78. The molecule has 0 saturated carbocycles. The molecule has 0 aliphatic rings. The van der Waals surface area contributed by atoms with Crippen molar-refractivity contribution in [3.8, 4) is 5.88 Å². The number of aromatic nitrogens is 3. The van der Waals surface area contributed by atoms with Crippen molar-refractivity contribution in [2.45, 2.75) is 16.3 Å². The zero-order valence-corrected chi connectivity index (χ0v) is 12.4. The van der Waals surface area contributed by atoms with E-state index in [0.29, 0.717) is 23.2 Å². The lowest BCUT2D eigenvalue weighted by Gasteiger charge is -2.07. The molecule has 2 aromatic heterocycles. The molecule has 1 aromatic carbocycles. The highest BCUT2D eigenvalue weighted by Gasteiger charge is 2.13. The van der Waals surface area contributed by atoms with Gasteiger partial charge in [0.25, 0.3) is 0 Å². The van der Waals surface area contributed by atoms with Crippen LogP contribution in [0.2, 0.25) is 0 Å². The van der Waals surface area contributed by atoms with Crippen LogP contribution < -0.4 is 10.5 Å². The molecule has 0 spiro atoms. The summed E-state index contributed by atoms with van der Waals surface area (Å²) in [4.78, 5) is 12.8. The zero-order chi connectivity index (χ0) is 13.9. The molecule has 0 amide bonds. The number of nitrogens with zero attached hydrogens (tertiary/aromatic N) is 3. The summed E-state index contributed by atoms with van der Waals surface area (Å²) in [5.41, 5.74) is 7.46. The molecule has 0 saturated heterocycles. The molecule has 3 aromatic rings. The molecular formula is C13H12N4OS2. The second-order valence-electron chi connectivity index (χ2n) is 3.88. The van der Waals surface area contributed by atoms with Gasteiger partial charge < -0.3 is 10.5 Å². The monoisotopic (exact) mass is 304 g/mol. The van der Waals surface area contributed by atoms with Gasteiger partial charge in [-0.3, -0.25) is 0 Å². The fourth-order valence-corrected chi connectivity index (χ4v) is 3.65. The molecule has 0 radical (unpaired) electrons. The molecule has 0 bridgehead atoms. The van der Waals surface area contributed by atoms with E-state index < -0.39 is 0 Å². The van der Waals surface area contributed by atoms with Crippen LogP contribution >= 0.6 is 23.1 Å². The van der Waals surface area contributed by atoms with Gasteiger partial charge in [-0.1, -0.05) is 12.1 Å². The Kier molecular flexibility index (Phi) is 3.70. The normalized spacial score (nSPS) is 10.8. The second kappa shape index (κ2) is 5.64. The van der Waals surface area contributed by atoms with Crippen LogP contribution in [0, 0.1) is 0 Å². The van der Waals surface area contributed by atoms with Gasteiger partial charge in [-0.15, -0.1) is 11.3 Å². The molecule has 0 atom stereocenters. The summed E-state index contributed by atoms with van der Waals surface area (Å²) >= 11 is 3.05. The van der Waals surface area contributed by atoms with Crippen molar-refractivity contribution < 1.29 is 4.74 Å². The van der Waals surface area contributed by atoms with E-state index in [-0.39, 0.29) is 0 Å². The highest BCUT2D eigenvalue weighted by atomic mass is 32.2. The van der Waals surface area contributed by atoms with E-state index in [2.05, 4.69) is 15.0 Å². The van der Waals surface area contributed by atoms with Crippen LogP contribution in [0.1, 0.15) is 6.92 Å². The fourth-order valence-electron chi connectivity index (χ4n) is 1.67. The Labute approximate surface area is 124 Å². The van der Waals surface area contributed by atoms with E-state index in [0.717, 1.165) is 14.6 Å². The molecule has 2 N–H and O–H groups in total. The number of hydrogen-bond acceptors (Lipinski definition) is 7. The summed E-state index contributed by atoms with van der Waals surface area (Å²) in [6.45, 7) is 2.41. The van der Waals surface area contributed by atoms with Crippen LogP contribution in [-0.2, 0) is 0 Å². The number of fused-ring (bicyclic) bond motifs is 1. The molecule has 2 heterocycles. The smallest absolute Gasteiger partial charge is 0.241 e. The van der Waals surface area contributed by atoms with E-state index in [1.165, 1.54) is 18.1 Å². The first kappa shape index (κ1) is 13.1. The summed E-state index contributed by atoms with van der Waals surface area (Å²) in [6.07, 6.45) is 1.46. The summed E-state index contributed by atoms with van der Waals surface area (Å²) in [5.74, 6) is 0.422. The highest BCUT2D eigenvalue weighted by Crippen LogP contribution is 2.37. The maximum Gasteiger partial charge on any atom is 0.241 e. The standard InChI is InChI=1S/C13H12N4OS2/c1-2-18-11-10(14)12(16-7-15-11)20-13-17-8-5-3-4-6-9(8)19-13/h3-7H,2,14H2,1H3. The number of hydrogen-bond donors (Lipinski definition) is 1. The largest absolute Gasteiger partial charge is 0.476 e. The molecule has 0 unspecified atom stereocenters. The SMILES string of the molecule is CCOc1ncnc(Sc2nc3ccccc3s2)c1N. The predicted octanol–water partition coefficient (Wildman–Crippen LogP) is 3.22. The van der Waals surface area contributed by atoms with Crippen molar-refractivity contribution in [1.29, 1.82) is 0 Å². The minimum absolute atomic E-state index is 0.422. The Morgan fingerprint density at radius 1 is 1.30 bits per heavy atom. The molecule has 7 heteroatoms. The van der Waals surface area contributed by atoms with E-state index in [1.54, 1.807) is 11.3 Å². The number of para-hydroxylation sites is 1. The summed E-state index contributed by atoms with van der Waals surface area (Å²) in [6, 6.07) is 8.01.